The van der Waals surface area contributed by atoms with E-state index in [4.69, 9.17) is 9.26 Å². The largest absolute Gasteiger partial charge is 0.361 e. The highest BCUT2D eigenvalue weighted by Gasteiger charge is 2.50. The van der Waals surface area contributed by atoms with Gasteiger partial charge in [0.2, 0.25) is 11.8 Å². The molecule has 3 rings (SSSR count). The van der Waals surface area contributed by atoms with Crippen LogP contribution in [0.1, 0.15) is 76.6 Å². The van der Waals surface area contributed by atoms with Crippen LogP contribution in [0.5, 0.6) is 0 Å². The van der Waals surface area contributed by atoms with Crippen molar-refractivity contribution in [3.05, 3.63) is 17.5 Å². The second kappa shape index (κ2) is 12.6. The molecule has 1 aromatic rings. The minimum absolute atomic E-state index is 0.110. The number of rotatable bonds is 14. The molecule has 3 amide bonds. The fourth-order valence-corrected chi connectivity index (χ4v) is 4.45. The van der Waals surface area contributed by atoms with Gasteiger partial charge in [-0.25, -0.2) is 0 Å². The Morgan fingerprint density at radius 3 is 2.24 bits per heavy atom. The molecule has 1 aromatic heterocycles. The standard InChI is InChI=1S/C26H41N5O6/c1-16(2)10-19(23(33)26(5)15-36-26)28-22(32)13-27-24(34)20(11-17(3)4)29-25(35)21-12-18(37-30-21)14-31-8-6-7-9-31/h12,16-17,19-20H,6-11,13-15H2,1-5H3,(H,27,34)(H,28,32)(H,29,35)/t19-,20-,26+/m0/s1. The van der Waals surface area contributed by atoms with Gasteiger partial charge in [-0.2, -0.15) is 0 Å². The second-order valence-corrected chi connectivity index (χ2v) is 11.2. The summed E-state index contributed by atoms with van der Waals surface area (Å²) in [6.45, 7) is 12.1. The van der Waals surface area contributed by atoms with Crippen molar-refractivity contribution in [3.63, 3.8) is 0 Å². The summed E-state index contributed by atoms with van der Waals surface area (Å²) in [7, 11) is 0. The summed E-state index contributed by atoms with van der Waals surface area (Å²) >= 11 is 0. The molecule has 0 unspecified atom stereocenters. The minimum Gasteiger partial charge on any atom is -0.361 e. The van der Waals surface area contributed by atoms with Crippen LogP contribution in [0.25, 0.3) is 0 Å². The zero-order valence-corrected chi connectivity index (χ0v) is 22.6. The molecular formula is C26H41N5O6. The summed E-state index contributed by atoms with van der Waals surface area (Å²) in [6.07, 6.45) is 3.14. The van der Waals surface area contributed by atoms with Crippen molar-refractivity contribution in [1.29, 1.82) is 0 Å². The monoisotopic (exact) mass is 519 g/mol. The third kappa shape index (κ3) is 8.63. The number of ketones is 1. The zero-order chi connectivity index (χ0) is 27.2. The first-order chi connectivity index (χ1) is 17.5. The highest BCUT2D eigenvalue weighted by Crippen LogP contribution is 2.29. The van der Waals surface area contributed by atoms with E-state index in [1.54, 1.807) is 13.0 Å². The number of epoxide rings is 1. The van der Waals surface area contributed by atoms with Gasteiger partial charge in [0, 0.05) is 6.07 Å². The molecule has 0 radical (unpaired) electrons. The van der Waals surface area contributed by atoms with Crippen LogP contribution in [0, 0.1) is 11.8 Å². The molecule has 11 nitrogen and oxygen atoms in total. The Kier molecular flexibility index (Phi) is 9.83. The van der Waals surface area contributed by atoms with Crippen LogP contribution in [0.3, 0.4) is 0 Å². The summed E-state index contributed by atoms with van der Waals surface area (Å²) in [5, 5.41) is 11.9. The quantitative estimate of drug-likeness (QED) is 0.313. The molecule has 2 saturated heterocycles. The van der Waals surface area contributed by atoms with Crippen molar-refractivity contribution in [2.24, 2.45) is 11.8 Å². The predicted molar refractivity (Wildman–Crippen MR) is 135 cm³/mol. The van der Waals surface area contributed by atoms with Crippen molar-refractivity contribution in [2.75, 3.05) is 26.2 Å². The SMILES string of the molecule is CC(C)C[C@H](NC(=O)c1cc(CN2CCCC2)on1)C(=O)NCC(=O)N[C@@H](CC(C)C)C(=O)[C@@]1(C)CO1. The summed E-state index contributed by atoms with van der Waals surface area (Å²) in [4.78, 5) is 53.3. The van der Waals surface area contributed by atoms with Crippen LogP contribution in [0.15, 0.2) is 10.6 Å². The predicted octanol–water partition coefficient (Wildman–Crippen LogP) is 1.42. The van der Waals surface area contributed by atoms with E-state index >= 15 is 0 Å². The van der Waals surface area contributed by atoms with E-state index in [0.717, 1.165) is 25.9 Å². The van der Waals surface area contributed by atoms with Crippen LogP contribution in [0.4, 0.5) is 0 Å². The number of ether oxygens (including phenoxy) is 1. The van der Waals surface area contributed by atoms with Crippen molar-refractivity contribution in [3.8, 4) is 0 Å². The molecule has 2 aliphatic heterocycles. The number of hydrogen-bond acceptors (Lipinski definition) is 8. The lowest BCUT2D eigenvalue weighted by Gasteiger charge is -2.22. The Labute approximate surface area is 218 Å². The topological polar surface area (TPSA) is 146 Å². The van der Waals surface area contributed by atoms with Crippen molar-refractivity contribution in [2.45, 2.75) is 84.5 Å². The highest BCUT2D eigenvalue weighted by atomic mass is 16.6. The molecule has 37 heavy (non-hydrogen) atoms. The van der Waals surface area contributed by atoms with Crippen molar-refractivity contribution < 1.29 is 28.4 Å². The number of nitrogens with one attached hydrogen (secondary N) is 3. The van der Waals surface area contributed by atoms with E-state index in [1.165, 1.54) is 0 Å². The Balaban J connectivity index is 1.53. The lowest BCUT2D eigenvalue weighted by atomic mass is 9.93. The maximum atomic E-state index is 12.9. The number of aromatic nitrogens is 1. The third-order valence-corrected chi connectivity index (χ3v) is 6.58. The molecule has 3 N–H and O–H groups in total. The van der Waals surface area contributed by atoms with Crippen molar-refractivity contribution >= 4 is 23.5 Å². The molecule has 0 aliphatic carbocycles. The van der Waals surface area contributed by atoms with Crippen LogP contribution in [0.2, 0.25) is 0 Å². The number of nitrogens with zero attached hydrogens (tertiary/aromatic N) is 2. The second-order valence-electron chi connectivity index (χ2n) is 11.2. The average molecular weight is 520 g/mol. The molecule has 0 spiro atoms. The van der Waals surface area contributed by atoms with Gasteiger partial charge in [-0.05, 0) is 57.5 Å². The first-order valence-electron chi connectivity index (χ1n) is 13.2. The molecule has 2 aliphatic rings. The highest BCUT2D eigenvalue weighted by molar-refractivity contribution is 5.98. The molecule has 206 valence electrons. The van der Waals surface area contributed by atoms with E-state index in [2.05, 4.69) is 26.0 Å². The normalized spacial score (nSPS) is 21.1. The molecular weight excluding hydrogens is 478 g/mol. The molecule has 0 saturated carbocycles. The lowest BCUT2D eigenvalue weighted by molar-refractivity contribution is -0.131. The third-order valence-electron chi connectivity index (χ3n) is 6.58. The molecule has 0 aromatic carbocycles. The first-order valence-corrected chi connectivity index (χ1v) is 13.2. The lowest BCUT2D eigenvalue weighted by Crippen LogP contribution is -2.52. The fraction of sp³-hybridized carbons (Fsp3) is 0.731. The fourth-order valence-electron chi connectivity index (χ4n) is 4.45. The van der Waals surface area contributed by atoms with E-state index < -0.39 is 35.4 Å². The van der Waals surface area contributed by atoms with Gasteiger partial charge in [0.15, 0.2) is 17.2 Å². The summed E-state index contributed by atoms with van der Waals surface area (Å²) in [5.74, 6) is -0.741. The van der Waals surface area contributed by atoms with Gasteiger partial charge in [0.1, 0.15) is 11.6 Å². The molecule has 2 fully saturated rings. The number of amides is 3. The summed E-state index contributed by atoms with van der Waals surface area (Å²) in [6, 6.07) is 0.0531. The van der Waals surface area contributed by atoms with Crippen LogP contribution >= 0.6 is 0 Å². The van der Waals surface area contributed by atoms with E-state index in [-0.39, 0.29) is 29.9 Å². The molecule has 3 atom stereocenters. The maximum Gasteiger partial charge on any atom is 0.274 e. The summed E-state index contributed by atoms with van der Waals surface area (Å²) in [5.41, 5.74) is -0.739. The number of likely N-dealkylation sites (tertiary alicyclic amines) is 1. The smallest absolute Gasteiger partial charge is 0.274 e. The van der Waals surface area contributed by atoms with Gasteiger partial charge < -0.3 is 25.2 Å². The Hall–Kier alpha value is -2.79. The molecule has 3 heterocycles. The Morgan fingerprint density at radius 1 is 1.03 bits per heavy atom. The summed E-state index contributed by atoms with van der Waals surface area (Å²) < 4.78 is 10.6. The maximum absolute atomic E-state index is 12.9. The van der Waals surface area contributed by atoms with Gasteiger partial charge in [-0.3, -0.25) is 24.1 Å². The van der Waals surface area contributed by atoms with Crippen molar-refractivity contribution in [1.82, 2.24) is 26.0 Å². The van der Waals surface area contributed by atoms with E-state index in [0.29, 0.717) is 31.8 Å². The average Bonchev–Trinajstić information content (AvgIpc) is 3.20. The molecule has 0 bridgehead atoms. The van der Waals surface area contributed by atoms with Gasteiger partial charge >= 0.3 is 0 Å². The van der Waals surface area contributed by atoms with E-state index in [9.17, 15) is 19.2 Å². The Morgan fingerprint density at radius 2 is 1.65 bits per heavy atom. The Bertz CT molecular complexity index is 964. The van der Waals surface area contributed by atoms with Gasteiger partial charge in [-0.1, -0.05) is 32.9 Å². The zero-order valence-electron chi connectivity index (χ0n) is 22.6. The van der Waals surface area contributed by atoms with Crippen LogP contribution in [-0.4, -0.2) is 77.5 Å². The van der Waals surface area contributed by atoms with Crippen LogP contribution < -0.4 is 16.0 Å². The molecule has 11 heteroatoms. The van der Waals surface area contributed by atoms with Crippen LogP contribution in [-0.2, 0) is 25.7 Å². The number of carbonyl (C=O) groups excluding carboxylic acids is 4. The number of hydrogen-bond donors (Lipinski definition) is 3. The van der Waals surface area contributed by atoms with E-state index in [1.807, 2.05) is 27.7 Å². The van der Waals surface area contributed by atoms with Gasteiger partial charge in [0.05, 0.1) is 25.7 Å². The van der Waals surface area contributed by atoms with Gasteiger partial charge in [0.25, 0.3) is 5.91 Å². The number of carbonyl (C=O) groups is 4. The first kappa shape index (κ1) is 28.8. The van der Waals surface area contributed by atoms with Gasteiger partial charge in [-0.15, -0.1) is 0 Å². The minimum atomic E-state index is -0.856. The number of Topliss-reactive ketones (excluding diaryl/α,β-unsaturated/α-hetero) is 1.